The van der Waals surface area contributed by atoms with Crippen molar-refractivity contribution in [3.05, 3.63) is 33.4 Å². The monoisotopic (exact) mass is 292 g/mol. The van der Waals surface area contributed by atoms with Crippen LogP contribution in [0.5, 0.6) is 5.75 Å². The molecule has 96 valence electrons. The summed E-state index contributed by atoms with van der Waals surface area (Å²) in [6, 6.07) is 2.34. The minimum absolute atomic E-state index is 0. The van der Waals surface area contributed by atoms with Gasteiger partial charge in [-0.3, -0.25) is 14.9 Å². The van der Waals surface area contributed by atoms with Gasteiger partial charge in [-0.25, -0.2) is 0 Å². The second-order valence-corrected chi connectivity index (χ2v) is 3.80. The average Bonchev–Trinajstić information content (AvgIpc) is 2.56. The Labute approximate surface area is 151 Å². The molecule has 1 aromatic carbocycles. The first-order chi connectivity index (χ1) is 8.41. The molecule has 0 spiro atoms. The number of hydrogen-bond donors (Lipinski definition) is 2. The van der Waals surface area contributed by atoms with Crippen LogP contribution in [0.2, 0.25) is 0 Å². The Bertz CT molecular complexity index is 538. The Hall–Kier alpha value is -0.489. The summed E-state index contributed by atoms with van der Waals surface area (Å²) in [5, 5.41) is 28.3. The van der Waals surface area contributed by atoms with Gasteiger partial charge in [-0.15, -0.1) is 0 Å². The van der Waals surface area contributed by atoms with Gasteiger partial charge in [0.05, 0.1) is 11.5 Å². The molecule has 0 bridgehead atoms. The Morgan fingerprint density at radius 3 is 2.63 bits per heavy atom. The van der Waals surface area contributed by atoms with E-state index in [9.17, 15) is 14.9 Å². The normalized spacial score (nSPS) is 12.8. The third kappa shape index (κ3) is 3.16. The number of nitro groups is 1. The zero-order valence-corrected chi connectivity index (χ0v) is 9.36. The molecule has 2 rings (SSSR count). The summed E-state index contributed by atoms with van der Waals surface area (Å²) in [5.74, 6) is -0.446. The van der Waals surface area contributed by atoms with E-state index in [2.05, 4.69) is 0 Å². The fourth-order valence-electron chi connectivity index (χ4n) is 1.89. The molecule has 1 amide bonds. The molecule has 10 heteroatoms. The summed E-state index contributed by atoms with van der Waals surface area (Å²) in [4.78, 5) is 23.3. The van der Waals surface area contributed by atoms with Crippen LogP contribution in [0.3, 0.4) is 0 Å². The molecule has 2 N–H and O–H groups in total. The van der Waals surface area contributed by atoms with E-state index in [0.29, 0.717) is 0 Å². The third-order valence-electron chi connectivity index (χ3n) is 2.63. The molecular formula is C9H10BKN2O6. The van der Waals surface area contributed by atoms with Crippen molar-refractivity contribution in [3.8, 4) is 5.75 Å². The number of benzene rings is 1. The van der Waals surface area contributed by atoms with Crippen molar-refractivity contribution in [2.45, 2.75) is 6.54 Å². The molecule has 1 heterocycles. The fraction of sp³-hybridized carbons (Fsp3) is 0.222. The Morgan fingerprint density at radius 1 is 1.47 bits per heavy atom. The summed E-state index contributed by atoms with van der Waals surface area (Å²) in [5.41, 5.74) is -0.107. The van der Waals surface area contributed by atoms with Gasteiger partial charge in [-0.2, -0.15) is 0 Å². The SMILES string of the molecule is CN1Cc2c(OB(O)O)ccc([N+](=O)[O-])c2C1=O.[KH]. The number of carbonyl (C=O) groups excluding carboxylic acids is 1. The molecule has 1 aliphatic rings. The Balaban J connectivity index is 0.00000180. The molecule has 0 radical (unpaired) electrons. The van der Waals surface area contributed by atoms with Crippen LogP contribution in [0.25, 0.3) is 0 Å². The number of hydrogen-bond acceptors (Lipinski definition) is 6. The molecule has 0 atom stereocenters. The van der Waals surface area contributed by atoms with Crippen LogP contribution in [-0.2, 0) is 6.54 Å². The number of nitro benzene ring substituents is 1. The van der Waals surface area contributed by atoms with Crippen molar-refractivity contribution >= 4 is 70.3 Å². The second kappa shape index (κ2) is 6.31. The predicted molar refractivity (Wildman–Crippen MR) is 66.9 cm³/mol. The van der Waals surface area contributed by atoms with Gasteiger partial charge in [0, 0.05) is 18.7 Å². The van der Waals surface area contributed by atoms with E-state index < -0.39 is 18.2 Å². The Morgan fingerprint density at radius 2 is 2.11 bits per heavy atom. The molecule has 8 nitrogen and oxygen atoms in total. The zero-order valence-electron chi connectivity index (χ0n) is 9.36. The molecule has 0 aliphatic carbocycles. The van der Waals surface area contributed by atoms with Crippen LogP contribution in [0.15, 0.2) is 12.1 Å². The van der Waals surface area contributed by atoms with E-state index in [1.165, 1.54) is 18.0 Å². The van der Waals surface area contributed by atoms with Crippen LogP contribution < -0.4 is 4.65 Å². The second-order valence-electron chi connectivity index (χ2n) is 3.80. The van der Waals surface area contributed by atoms with Crippen molar-refractivity contribution in [3.63, 3.8) is 0 Å². The average molecular weight is 292 g/mol. The van der Waals surface area contributed by atoms with Gasteiger partial charge < -0.3 is 19.6 Å². The quantitative estimate of drug-likeness (QED) is 0.414. The first-order valence-corrected chi connectivity index (χ1v) is 5.00. The zero-order chi connectivity index (χ0) is 13.4. The van der Waals surface area contributed by atoms with Gasteiger partial charge in [0.2, 0.25) is 0 Å². The molecule has 0 saturated heterocycles. The van der Waals surface area contributed by atoms with Crippen LogP contribution in [0, 0.1) is 10.1 Å². The van der Waals surface area contributed by atoms with Gasteiger partial charge in [-0.1, -0.05) is 0 Å². The van der Waals surface area contributed by atoms with Crippen LogP contribution >= 0.6 is 0 Å². The first-order valence-electron chi connectivity index (χ1n) is 5.00. The van der Waals surface area contributed by atoms with Crippen LogP contribution in [-0.4, -0.2) is 91.5 Å². The van der Waals surface area contributed by atoms with E-state index in [0.717, 1.165) is 6.07 Å². The van der Waals surface area contributed by atoms with Crippen molar-refractivity contribution in [2.75, 3.05) is 7.05 Å². The molecule has 0 aromatic heterocycles. The van der Waals surface area contributed by atoms with E-state index in [1.54, 1.807) is 0 Å². The van der Waals surface area contributed by atoms with E-state index in [4.69, 9.17) is 14.7 Å². The summed E-state index contributed by atoms with van der Waals surface area (Å²) >= 11 is 0. The van der Waals surface area contributed by atoms with Gasteiger partial charge in [0.25, 0.3) is 11.6 Å². The molecular weight excluding hydrogens is 282 g/mol. The van der Waals surface area contributed by atoms with Gasteiger partial charge >= 0.3 is 58.7 Å². The number of fused-ring (bicyclic) bond motifs is 1. The van der Waals surface area contributed by atoms with Crippen molar-refractivity contribution in [2.24, 2.45) is 0 Å². The van der Waals surface area contributed by atoms with Crippen molar-refractivity contribution < 1.29 is 24.4 Å². The molecule has 1 aromatic rings. The molecule has 1 aliphatic heterocycles. The van der Waals surface area contributed by atoms with Crippen molar-refractivity contribution in [1.82, 2.24) is 4.90 Å². The third-order valence-corrected chi connectivity index (χ3v) is 2.63. The van der Waals surface area contributed by atoms with Gasteiger partial charge in [0.1, 0.15) is 11.3 Å². The fourth-order valence-corrected chi connectivity index (χ4v) is 1.89. The minimum atomic E-state index is -2.04. The summed E-state index contributed by atoms with van der Waals surface area (Å²) in [6.07, 6.45) is 0. The maximum absolute atomic E-state index is 11.8. The predicted octanol–water partition coefficient (Wildman–Crippen LogP) is -1.12. The summed E-state index contributed by atoms with van der Waals surface area (Å²) < 4.78 is 4.70. The topological polar surface area (TPSA) is 113 Å². The van der Waals surface area contributed by atoms with Crippen LogP contribution in [0.4, 0.5) is 5.69 Å². The van der Waals surface area contributed by atoms with E-state index in [1.807, 2.05) is 0 Å². The first kappa shape index (κ1) is 16.6. The maximum atomic E-state index is 11.8. The standard InChI is InChI=1S/C9H9BN2O6.K.H/c1-11-4-5-7(18-10(14)15)3-2-6(12(16)17)8(5)9(11)13;;/h2-3,14-15H,4H2,1H3;;. The molecule has 0 fully saturated rings. The van der Waals surface area contributed by atoms with Crippen LogP contribution in [0.1, 0.15) is 15.9 Å². The summed E-state index contributed by atoms with van der Waals surface area (Å²) in [7, 11) is -0.554. The van der Waals surface area contributed by atoms with Gasteiger partial charge in [-0.05, 0) is 6.07 Å². The number of nitrogens with zero attached hydrogens (tertiary/aromatic N) is 2. The van der Waals surface area contributed by atoms with Crippen molar-refractivity contribution in [1.29, 1.82) is 0 Å². The number of amides is 1. The van der Waals surface area contributed by atoms with Gasteiger partial charge in [0.15, 0.2) is 0 Å². The molecule has 19 heavy (non-hydrogen) atoms. The molecule has 0 unspecified atom stereocenters. The van der Waals surface area contributed by atoms with E-state index >= 15 is 0 Å². The van der Waals surface area contributed by atoms with E-state index in [-0.39, 0.29) is 80.5 Å². The number of carbonyl (C=O) groups is 1. The number of rotatable bonds is 3. The summed E-state index contributed by atoms with van der Waals surface area (Å²) in [6.45, 7) is 0.123. The Kier molecular flexibility index (Phi) is 5.50. The molecule has 0 saturated carbocycles.